The molecule has 1 amide bonds. The summed E-state index contributed by atoms with van der Waals surface area (Å²) in [6.07, 6.45) is 0.846. The van der Waals surface area contributed by atoms with Gasteiger partial charge in [0.15, 0.2) is 0 Å². The van der Waals surface area contributed by atoms with Gasteiger partial charge < -0.3 is 19.5 Å². The number of carbonyl (C=O) groups excluding carboxylic acids is 2. The van der Waals surface area contributed by atoms with Gasteiger partial charge in [0.25, 0.3) is 11.7 Å². The lowest BCUT2D eigenvalue weighted by atomic mass is 9.94. The number of carbonyl (C=O) groups is 2. The minimum Gasteiger partial charge on any atom is -0.507 e. The van der Waals surface area contributed by atoms with E-state index >= 15 is 0 Å². The van der Waals surface area contributed by atoms with Gasteiger partial charge in [-0.15, -0.1) is 0 Å². The molecule has 3 aromatic carbocycles. The van der Waals surface area contributed by atoms with Crippen LogP contribution in [0.25, 0.3) is 5.76 Å². The molecule has 1 N–H and O–H groups in total. The summed E-state index contributed by atoms with van der Waals surface area (Å²) in [6.45, 7) is 4.69. The highest BCUT2D eigenvalue weighted by molar-refractivity contribution is 6.46. The number of rotatable bonds is 8. The van der Waals surface area contributed by atoms with Crippen LogP contribution >= 0.6 is 0 Å². The van der Waals surface area contributed by atoms with E-state index in [9.17, 15) is 14.7 Å². The molecule has 1 atom stereocenters. The highest BCUT2D eigenvalue weighted by Crippen LogP contribution is 2.41. The number of aryl methyl sites for hydroxylation is 1. The lowest BCUT2D eigenvalue weighted by Gasteiger charge is -2.26. The van der Waals surface area contributed by atoms with Crippen molar-refractivity contribution in [1.29, 1.82) is 0 Å². The molecule has 180 valence electrons. The first-order valence-corrected chi connectivity index (χ1v) is 11.6. The number of aliphatic hydroxyl groups excluding tert-OH is 1. The highest BCUT2D eigenvalue weighted by atomic mass is 16.5. The van der Waals surface area contributed by atoms with Crippen LogP contribution in [-0.4, -0.2) is 35.4 Å². The van der Waals surface area contributed by atoms with Crippen molar-refractivity contribution in [2.75, 3.05) is 13.7 Å². The van der Waals surface area contributed by atoms with Gasteiger partial charge >= 0.3 is 0 Å². The number of Topliss-reactive ketones (excluding diaryl/α,β-unsaturated/α-hetero) is 1. The number of ketones is 1. The van der Waals surface area contributed by atoms with Crippen LogP contribution in [0.2, 0.25) is 0 Å². The molecule has 1 aliphatic heterocycles. The number of ether oxygens (including phenoxy) is 2. The molecule has 1 heterocycles. The number of methoxy groups -OCH3 is 1. The Kier molecular flexibility index (Phi) is 7.20. The predicted molar refractivity (Wildman–Crippen MR) is 134 cm³/mol. The molecule has 1 aliphatic rings. The molecule has 0 aromatic heterocycles. The first-order valence-electron chi connectivity index (χ1n) is 11.6. The van der Waals surface area contributed by atoms with Gasteiger partial charge in [0.1, 0.15) is 17.3 Å². The maximum atomic E-state index is 13.3. The summed E-state index contributed by atoms with van der Waals surface area (Å²) in [5.41, 5.74) is 3.06. The van der Waals surface area contributed by atoms with Gasteiger partial charge in [0.05, 0.1) is 25.3 Å². The summed E-state index contributed by atoms with van der Waals surface area (Å²) in [6, 6.07) is 21.2. The second-order valence-electron chi connectivity index (χ2n) is 8.57. The Balaban J connectivity index is 1.82. The number of hydrogen-bond donors (Lipinski definition) is 1. The summed E-state index contributed by atoms with van der Waals surface area (Å²) < 4.78 is 11.0. The van der Waals surface area contributed by atoms with Gasteiger partial charge in [-0.3, -0.25) is 9.59 Å². The third kappa shape index (κ3) is 5.06. The fraction of sp³-hybridized carbons (Fsp3) is 0.241. The Hall–Kier alpha value is -4.06. The lowest BCUT2D eigenvalue weighted by Crippen LogP contribution is -2.29. The van der Waals surface area contributed by atoms with Crippen molar-refractivity contribution in [1.82, 2.24) is 4.90 Å². The Bertz CT molecular complexity index is 1280. The summed E-state index contributed by atoms with van der Waals surface area (Å²) in [4.78, 5) is 28.1. The second kappa shape index (κ2) is 10.5. The molecule has 4 rings (SSSR count). The summed E-state index contributed by atoms with van der Waals surface area (Å²) in [5, 5.41) is 11.3. The van der Waals surface area contributed by atoms with Crippen LogP contribution in [0.1, 0.15) is 41.6 Å². The van der Waals surface area contributed by atoms with E-state index in [1.807, 2.05) is 62.4 Å². The van der Waals surface area contributed by atoms with E-state index in [2.05, 4.69) is 0 Å². The quantitative estimate of drug-likeness (QED) is 0.270. The molecule has 35 heavy (non-hydrogen) atoms. The van der Waals surface area contributed by atoms with Crippen LogP contribution < -0.4 is 9.47 Å². The Morgan fingerprint density at radius 1 is 0.971 bits per heavy atom. The second-order valence-corrected chi connectivity index (χ2v) is 8.57. The molecule has 0 radical (unpaired) electrons. The lowest BCUT2D eigenvalue weighted by molar-refractivity contribution is -0.140. The van der Waals surface area contributed by atoms with Crippen molar-refractivity contribution in [3.8, 4) is 11.5 Å². The minimum atomic E-state index is -0.735. The molecule has 1 saturated heterocycles. The Labute approximate surface area is 205 Å². The molecule has 3 aromatic rings. The average molecular weight is 472 g/mol. The number of benzene rings is 3. The molecule has 0 bridgehead atoms. The van der Waals surface area contributed by atoms with E-state index in [1.165, 1.54) is 4.90 Å². The zero-order valence-electron chi connectivity index (χ0n) is 20.2. The number of hydrogen-bond acceptors (Lipinski definition) is 5. The number of likely N-dealkylation sites (tertiary alicyclic amines) is 1. The topological polar surface area (TPSA) is 76.1 Å². The highest BCUT2D eigenvalue weighted by Gasteiger charge is 2.46. The van der Waals surface area contributed by atoms with Crippen molar-refractivity contribution >= 4 is 17.4 Å². The van der Waals surface area contributed by atoms with E-state index in [0.29, 0.717) is 23.7 Å². The van der Waals surface area contributed by atoms with Gasteiger partial charge in [-0.2, -0.15) is 0 Å². The van der Waals surface area contributed by atoms with Crippen molar-refractivity contribution in [2.45, 2.75) is 32.9 Å². The fourth-order valence-corrected chi connectivity index (χ4v) is 4.31. The van der Waals surface area contributed by atoms with E-state index in [1.54, 1.807) is 31.4 Å². The minimum absolute atomic E-state index is 0.0659. The van der Waals surface area contributed by atoms with Crippen LogP contribution in [0, 0.1) is 6.92 Å². The Morgan fingerprint density at radius 2 is 1.71 bits per heavy atom. The largest absolute Gasteiger partial charge is 0.507 e. The van der Waals surface area contributed by atoms with Crippen LogP contribution in [0.3, 0.4) is 0 Å². The maximum Gasteiger partial charge on any atom is 0.295 e. The molecule has 1 fully saturated rings. The van der Waals surface area contributed by atoms with Gasteiger partial charge in [-0.25, -0.2) is 0 Å². The molecular weight excluding hydrogens is 442 g/mol. The SMILES string of the molecule is CCCOc1cccc(/C(O)=C2/C(=O)C(=O)N(Cc3cccc(OC)c3)C2c2cccc(C)c2)c1. The van der Waals surface area contributed by atoms with Gasteiger partial charge in [-0.1, -0.05) is 61.0 Å². The van der Waals surface area contributed by atoms with Crippen LogP contribution in [0.4, 0.5) is 0 Å². The first kappa shape index (κ1) is 24.1. The zero-order valence-corrected chi connectivity index (χ0v) is 20.2. The van der Waals surface area contributed by atoms with E-state index in [0.717, 1.165) is 23.1 Å². The number of nitrogens with zero attached hydrogens (tertiary/aromatic N) is 1. The monoisotopic (exact) mass is 471 g/mol. The molecule has 0 spiro atoms. The van der Waals surface area contributed by atoms with Gasteiger partial charge in [-0.05, 0) is 48.7 Å². The predicted octanol–water partition coefficient (Wildman–Crippen LogP) is 5.41. The molecule has 6 nitrogen and oxygen atoms in total. The molecule has 0 saturated carbocycles. The van der Waals surface area contributed by atoms with Crippen molar-refractivity contribution in [3.63, 3.8) is 0 Å². The van der Waals surface area contributed by atoms with Crippen molar-refractivity contribution in [3.05, 3.63) is 101 Å². The van der Waals surface area contributed by atoms with Gasteiger partial charge in [0, 0.05) is 12.1 Å². The molecule has 0 aliphatic carbocycles. The third-order valence-corrected chi connectivity index (χ3v) is 5.97. The Morgan fingerprint density at radius 3 is 2.46 bits per heavy atom. The normalized spacial score (nSPS) is 17.0. The van der Waals surface area contributed by atoms with Crippen LogP contribution in [0.15, 0.2) is 78.4 Å². The summed E-state index contributed by atoms with van der Waals surface area (Å²) >= 11 is 0. The smallest absolute Gasteiger partial charge is 0.295 e. The summed E-state index contributed by atoms with van der Waals surface area (Å²) in [7, 11) is 1.58. The number of aliphatic hydroxyl groups is 1. The van der Waals surface area contributed by atoms with E-state index < -0.39 is 17.7 Å². The standard InChI is InChI=1S/C29H29NO5/c1-4-14-35-24-13-7-11-22(17-24)27(31)25-26(21-10-5-8-19(2)15-21)30(29(33)28(25)32)18-20-9-6-12-23(16-20)34-3/h5-13,15-17,26,31H,4,14,18H2,1-3H3/b27-25-. The van der Waals surface area contributed by atoms with E-state index in [4.69, 9.17) is 9.47 Å². The van der Waals surface area contributed by atoms with E-state index in [-0.39, 0.29) is 17.9 Å². The molecule has 1 unspecified atom stereocenters. The molecular formula is C29H29NO5. The van der Waals surface area contributed by atoms with Gasteiger partial charge in [0.2, 0.25) is 0 Å². The zero-order chi connectivity index (χ0) is 24.9. The van der Waals surface area contributed by atoms with Crippen molar-refractivity contribution in [2.24, 2.45) is 0 Å². The maximum absolute atomic E-state index is 13.3. The van der Waals surface area contributed by atoms with Crippen LogP contribution in [0.5, 0.6) is 11.5 Å². The van der Waals surface area contributed by atoms with Crippen LogP contribution in [-0.2, 0) is 16.1 Å². The molecule has 6 heteroatoms. The average Bonchev–Trinajstić information content (AvgIpc) is 3.12. The fourth-order valence-electron chi connectivity index (χ4n) is 4.31. The summed E-state index contributed by atoms with van der Waals surface area (Å²) in [5.74, 6) is -0.329. The van der Waals surface area contributed by atoms with Crippen molar-refractivity contribution < 1.29 is 24.2 Å². The number of amides is 1. The first-order chi connectivity index (χ1) is 16.9. The third-order valence-electron chi connectivity index (χ3n) is 5.97.